The summed E-state index contributed by atoms with van der Waals surface area (Å²) in [5.74, 6) is -1.22. The minimum Gasteiger partial charge on any atom is -0.462 e. The lowest BCUT2D eigenvalue weighted by atomic mass is 10.1. The smallest absolute Gasteiger partial charge is 0.459 e. The zero-order valence-corrected chi connectivity index (χ0v) is 25.3. The number of ether oxygens (including phenoxy) is 2. The summed E-state index contributed by atoms with van der Waals surface area (Å²) >= 11 is 0. The first-order chi connectivity index (χ1) is 20.4. The third-order valence-corrected chi connectivity index (χ3v) is 8.87. The fourth-order valence-electron chi connectivity index (χ4n) is 5.33. The highest BCUT2D eigenvalue weighted by molar-refractivity contribution is 7.52. The molecule has 0 aliphatic carbocycles. The Bertz CT molecular complexity index is 1830. The molecule has 5 unspecified atom stereocenters. The van der Waals surface area contributed by atoms with Gasteiger partial charge in [-0.25, -0.2) is 13.8 Å². The monoisotopic (exact) mass is 616 g/mol. The van der Waals surface area contributed by atoms with E-state index in [9.17, 15) is 18.9 Å². The number of nitrogens with one attached hydrogen (secondary N) is 2. The van der Waals surface area contributed by atoms with E-state index in [0.717, 1.165) is 5.52 Å². The maximum Gasteiger partial charge on any atom is 0.459 e. The summed E-state index contributed by atoms with van der Waals surface area (Å²) in [4.78, 5) is 38.7. The number of benzene rings is 2. The van der Waals surface area contributed by atoms with Gasteiger partial charge in [0.15, 0.2) is 0 Å². The summed E-state index contributed by atoms with van der Waals surface area (Å²) in [5.41, 5.74) is -0.154. The maximum atomic E-state index is 15.0. The number of fused-ring (bicyclic) bond motifs is 3. The Morgan fingerprint density at radius 2 is 1.93 bits per heavy atom. The number of hydrogen-bond acceptors (Lipinski definition) is 8. The number of H-pyrrole nitrogens is 1. The molecule has 1 fully saturated rings. The van der Waals surface area contributed by atoms with Crippen LogP contribution >= 0.6 is 7.75 Å². The second-order valence-electron chi connectivity index (χ2n) is 10.9. The van der Waals surface area contributed by atoms with Crippen LogP contribution < -0.4 is 20.9 Å². The van der Waals surface area contributed by atoms with Gasteiger partial charge in [0.1, 0.15) is 23.8 Å². The Hall–Kier alpha value is -3.77. The Kier molecular flexibility index (Phi) is 8.62. The zero-order chi connectivity index (χ0) is 31.1. The number of aromatic amines is 1. The van der Waals surface area contributed by atoms with Crippen molar-refractivity contribution in [1.29, 1.82) is 0 Å². The Morgan fingerprint density at radius 1 is 1.19 bits per heavy atom. The largest absolute Gasteiger partial charge is 0.462 e. The lowest BCUT2D eigenvalue weighted by Crippen LogP contribution is -2.36. The molecule has 0 radical (unpaired) electrons. The number of hydrogen-bond donors (Lipinski definition) is 2. The number of halogens is 1. The van der Waals surface area contributed by atoms with Crippen LogP contribution in [0.3, 0.4) is 0 Å². The van der Waals surface area contributed by atoms with Crippen LogP contribution in [0.25, 0.3) is 21.8 Å². The fraction of sp³-hybridized carbons (Fsp3) is 0.414. The van der Waals surface area contributed by atoms with Crippen LogP contribution in [0.4, 0.5) is 4.39 Å². The molecular formula is C29H34FN4O8P. The van der Waals surface area contributed by atoms with E-state index in [2.05, 4.69) is 10.1 Å². The maximum absolute atomic E-state index is 15.0. The minimum atomic E-state index is -4.34. The van der Waals surface area contributed by atoms with Crippen molar-refractivity contribution < 1.29 is 32.3 Å². The van der Waals surface area contributed by atoms with E-state index in [4.69, 9.17) is 18.5 Å². The predicted molar refractivity (Wildman–Crippen MR) is 157 cm³/mol. The number of aromatic nitrogens is 3. The van der Waals surface area contributed by atoms with Crippen LogP contribution in [-0.2, 0) is 30.4 Å². The lowest BCUT2D eigenvalue weighted by molar-refractivity contribution is -0.149. The van der Waals surface area contributed by atoms with Gasteiger partial charge in [-0.15, -0.1) is 0 Å². The molecule has 0 bridgehead atoms. The molecule has 5 rings (SSSR count). The van der Waals surface area contributed by atoms with E-state index >= 15 is 4.39 Å². The van der Waals surface area contributed by atoms with E-state index in [1.807, 2.05) is 19.1 Å². The molecule has 1 saturated heterocycles. The molecule has 14 heteroatoms. The van der Waals surface area contributed by atoms with Gasteiger partial charge in [0.25, 0.3) is 5.56 Å². The van der Waals surface area contributed by atoms with Crippen molar-refractivity contribution in [3.8, 4) is 5.75 Å². The molecular weight excluding hydrogens is 582 g/mol. The van der Waals surface area contributed by atoms with Crippen LogP contribution in [0.2, 0.25) is 0 Å². The van der Waals surface area contributed by atoms with E-state index in [0.29, 0.717) is 17.2 Å². The number of carbonyl (C=O) groups excluding carboxylic acids is 1. The summed E-state index contributed by atoms with van der Waals surface area (Å²) in [6.07, 6.45) is 0.0742. The highest BCUT2D eigenvalue weighted by atomic mass is 31.2. The molecule has 1 aliphatic heterocycles. The number of esters is 1. The number of carbonyl (C=O) groups is 1. The molecule has 1 aliphatic rings. The second-order valence-corrected chi connectivity index (χ2v) is 12.6. The predicted octanol–water partition coefficient (Wildman–Crippen LogP) is 4.38. The van der Waals surface area contributed by atoms with Crippen molar-refractivity contribution in [3.63, 3.8) is 0 Å². The molecule has 3 heterocycles. The highest BCUT2D eigenvalue weighted by Crippen LogP contribution is 2.49. The summed E-state index contributed by atoms with van der Waals surface area (Å²) in [6, 6.07) is 9.98. The standard InChI is InChI=1S/C29H34FN4O8P/c1-16(2)40-28(36)18(4)32-43(38,39-15-19-14-17(3)27(41-19)34-13-12-24(35)31-29(34)37)42-23-11-10-21(30)26-25(23)20-8-6-7-9-22(20)33(26)5/h6-13,16-19,27H,14-15H2,1-5H3,(H,32,38)(H,31,35,37). The third-order valence-electron chi connectivity index (χ3n) is 7.25. The molecule has 2 aromatic heterocycles. The zero-order valence-electron chi connectivity index (χ0n) is 24.4. The van der Waals surface area contributed by atoms with Gasteiger partial charge in [-0.1, -0.05) is 25.1 Å². The summed E-state index contributed by atoms with van der Waals surface area (Å²) in [6.45, 7) is 6.49. The molecule has 12 nitrogen and oxygen atoms in total. The van der Waals surface area contributed by atoms with Gasteiger partial charge in [0, 0.05) is 36.1 Å². The Balaban J connectivity index is 1.44. The number of aryl methyl sites for hydroxylation is 1. The molecule has 5 atom stereocenters. The van der Waals surface area contributed by atoms with Gasteiger partial charge in [-0.05, 0) is 45.4 Å². The van der Waals surface area contributed by atoms with E-state index in [1.54, 1.807) is 37.6 Å². The van der Waals surface area contributed by atoms with E-state index in [-0.39, 0.29) is 23.8 Å². The fourth-order valence-corrected chi connectivity index (χ4v) is 6.86. The average Bonchev–Trinajstić information content (AvgIpc) is 3.46. The molecule has 2 N–H and O–H groups in total. The summed E-state index contributed by atoms with van der Waals surface area (Å²) in [5, 5.41) is 3.73. The van der Waals surface area contributed by atoms with Gasteiger partial charge < -0.3 is 18.6 Å². The lowest BCUT2D eigenvalue weighted by Gasteiger charge is -2.25. The Morgan fingerprint density at radius 3 is 2.65 bits per heavy atom. The van der Waals surface area contributed by atoms with Crippen molar-refractivity contribution in [2.75, 3.05) is 6.61 Å². The number of para-hydroxylation sites is 1. The van der Waals surface area contributed by atoms with Gasteiger partial charge in [0.2, 0.25) is 0 Å². The third kappa shape index (κ3) is 6.30. The first-order valence-corrected chi connectivity index (χ1v) is 15.5. The number of rotatable bonds is 10. The van der Waals surface area contributed by atoms with E-state index in [1.165, 1.54) is 35.9 Å². The quantitative estimate of drug-likeness (QED) is 0.196. The SMILES string of the molecule is CC(C)OC(=O)C(C)NP(=O)(OCC1CC(C)C(n2ccc(=O)[nH]c2=O)O1)Oc1ccc(F)c2c1c1ccccc1n2C. The topological polar surface area (TPSA) is 143 Å². The van der Waals surface area contributed by atoms with Crippen LogP contribution in [0.1, 0.15) is 40.3 Å². The second kappa shape index (κ2) is 12.1. The van der Waals surface area contributed by atoms with Crippen molar-refractivity contribution in [1.82, 2.24) is 19.2 Å². The van der Waals surface area contributed by atoms with Crippen LogP contribution in [-0.4, -0.2) is 44.9 Å². The van der Waals surface area contributed by atoms with Gasteiger partial charge >= 0.3 is 19.4 Å². The van der Waals surface area contributed by atoms with Crippen molar-refractivity contribution in [3.05, 3.63) is 75.3 Å². The first kappa shape index (κ1) is 30.7. The van der Waals surface area contributed by atoms with Gasteiger partial charge in [-0.3, -0.25) is 23.7 Å². The first-order valence-electron chi connectivity index (χ1n) is 13.9. The molecule has 0 saturated carbocycles. The molecule has 230 valence electrons. The van der Waals surface area contributed by atoms with Crippen molar-refractivity contribution in [2.45, 2.75) is 58.6 Å². The molecule has 0 spiro atoms. The molecule has 0 amide bonds. The Labute approximate surface area is 246 Å². The normalized spacial score (nSPS) is 20.9. The van der Waals surface area contributed by atoms with Crippen LogP contribution in [0.5, 0.6) is 5.75 Å². The summed E-state index contributed by atoms with van der Waals surface area (Å²) < 4.78 is 55.5. The van der Waals surface area contributed by atoms with Crippen LogP contribution in [0, 0.1) is 11.7 Å². The van der Waals surface area contributed by atoms with Gasteiger partial charge in [0.05, 0.1) is 29.7 Å². The van der Waals surface area contributed by atoms with E-state index < -0.39 is 55.3 Å². The van der Waals surface area contributed by atoms with Gasteiger partial charge in [-0.2, -0.15) is 5.09 Å². The molecule has 4 aromatic rings. The minimum absolute atomic E-state index is 0.0897. The highest BCUT2D eigenvalue weighted by Gasteiger charge is 2.39. The summed E-state index contributed by atoms with van der Waals surface area (Å²) in [7, 11) is -2.62. The number of nitrogens with zero attached hydrogens (tertiary/aromatic N) is 2. The van der Waals surface area contributed by atoms with Crippen molar-refractivity contribution in [2.24, 2.45) is 13.0 Å². The molecule has 2 aromatic carbocycles. The molecule has 43 heavy (non-hydrogen) atoms. The van der Waals surface area contributed by atoms with Crippen molar-refractivity contribution >= 4 is 35.5 Å². The van der Waals surface area contributed by atoms with Crippen LogP contribution in [0.15, 0.2) is 58.3 Å². The average molecular weight is 617 g/mol.